The highest BCUT2D eigenvalue weighted by atomic mass is 19.1. The Morgan fingerprint density at radius 3 is 1.95 bits per heavy atom. The highest BCUT2D eigenvalue weighted by Gasteiger charge is 2.38. The van der Waals surface area contributed by atoms with Crippen LogP contribution in [0.4, 0.5) is 4.39 Å². The van der Waals surface area contributed by atoms with Crippen molar-refractivity contribution in [1.29, 1.82) is 0 Å². The maximum absolute atomic E-state index is 14.6. The van der Waals surface area contributed by atoms with E-state index in [1.807, 2.05) is 83.9 Å². The Morgan fingerprint density at radius 2 is 1.34 bits per heavy atom. The zero-order valence-electron chi connectivity index (χ0n) is 32.4. The summed E-state index contributed by atoms with van der Waals surface area (Å²) in [7, 11) is 0. The second-order valence-corrected chi connectivity index (χ2v) is 14.4. The molecular weight excluding hydrogens is 702 g/mol. The number of H-pyrrole nitrogens is 2. The molecule has 1 fully saturated rings. The summed E-state index contributed by atoms with van der Waals surface area (Å²) in [5.74, 6) is 1.34. The fourth-order valence-electron chi connectivity index (χ4n) is 7.74. The predicted octanol–water partition coefficient (Wildman–Crippen LogP) is 8.81. The zero-order valence-corrected chi connectivity index (χ0v) is 32.4. The van der Waals surface area contributed by atoms with Crippen molar-refractivity contribution in [1.82, 2.24) is 34.6 Å². The van der Waals surface area contributed by atoms with Crippen LogP contribution in [0.3, 0.4) is 0 Å². The fourth-order valence-corrected chi connectivity index (χ4v) is 7.74. The molecule has 56 heavy (non-hydrogen) atoms. The molecule has 1 saturated heterocycles. The van der Waals surface area contributed by atoms with E-state index in [0.717, 1.165) is 70.1 Å². The first-order chi connectivity index (χ1) is 27.3. The van der Waals surface area contributed by atoms with Crippen LogP contribution in [0.15, 0.2) is 122 Å². The normalized spacial score (nSPS) is 16.0. The number of imidazole rings is 2. The van der Waals surface area contributed by atoms with Crippen molar-refractivity contribution in [3.63, 3.8) is 0 Å². The number of nitrogens with zero attached hydrogens (tertiary/aromatic N) is 5. The van der Waals surface area contributed by atoms with Crippen molar-refractivity contribution in [2.45, 2.75) is 64.8 Å². The third-order valence-electron chi connectivity index (χ3n) is 10.7. The first kappa shape index (κ1) is 38.4. The molecule has 1 aliphatic rings. The molecule has 0 bridgehead atoms. The van der Waals surface area contributed by atoms with Gasteiger partial charge in [0.1, 0.15) is 23.9 Å². The highest BCUT2D eigenvalue weighted by molar-refractivity contribution is 5.83. The molecule has 0 aliphatic carbocycles. The molecule has 3 heterocycles. The molecule has 3 atom stereocenters. The van der Waals surface area contributed by atoms with Crippen LogP contribution in [0.25, 0.3) is 33.6 Å². The van der Waals surface area contributed by atoms with Crippen LogP contribution in [-0.4, -0.2) is 78.8 Å². The Bertz CT molecular complexity index is 2180. The number of carbonyl (C=O) groups excluding carboxylic acids is 2. The van der Waals surface area contributed by atoms with Crippen molar-refractivity contribution in [3.05, 3.63) is 144 Å². The monoisotopic (exact) mass is 751 g/mol. The molecule has 0 unspecified atom stereocenters. The molecule has 0 spiro atoms. The van der Waals surface area contributed by atoms with E-state index in [2.05, 4.69) is 82.0 Å². The largest absolute Gasteiger partial charge is 0.341 e. The lowest BCUT2D eigenvalue weighted by Gasteiger charge is -2.33. The van der Waals surface area contributed by atoms with Gasteiger partial charge < -0.3 is 19.8 Å². The number of amides is 2. The lowest BCUT2D eigenvalue weighted by molar-refractivity contribution is -0.138. The van der Waals surface area contributed by atoms with Gasteiger partial charge in [-0.05, 0) is 52.9 Å². The number of halogens is 1. The number of alkyl halides is 1. The van der Waals surface area contributed by atoms with E-state index in [1.165, 1.54) is 0 Å². The molecule has 4 aromatic carbocycles. The van der Waals surface area contributed by atoms with Crippen LogP contribution in [0.1, 0.15) is 68.5 Å². The van der Waals surface area contributed by atoms with Crippen LogP contribution in [0, 0.1) is 0 Å². The maximum Gasteiger partial charge on any atom is 0.244 e. The summed E-state index contributed by atoms with van der Waals surface area (Å²) in [5.41, 5.74) is 7.72. The number of aromatic amines is 2. The Morgan fingerprint density at radius 1 is 0.768 bits per heavy atom. The Balaban J connectivity index is 1.00. The number of aromatic nitrogens is 4. The molecule has 9 nitrogen and oxygen atoms in total. The van der Waals surface area contributed by atoms with Crippen LogP contribution in [0.2, 0.25) is 0 Å². The van der Waals surface area contributed by atoms with Gasteiger partial charge in [0.05, 0.1) is 49.3 Å². The van der Waals surface area contributed by atoms with Crippen molar-refractivity contribution in [2.75, 3.05) is 26.2 Å². The topological polar surface area (TPSA) is 101 Å². The summed E-state index contributed by atoms with van der Waals surface area (Å²) in [6.45, 7) is 8.97. The number of likely N-dealkylation sites (N-methyl/N-ethyl adjacent to an activating group) is 1. The lowest BCUT2D eigenvalue weighted by atomic mass is 10.0. The second kappa shape index (κ2) is 17.7. The Hall–Kier alpha value is -5.87. The number of benzene rings is 4. The summed E-state index contributed by atoms with van der Waals surface area (Å²) >= 11 is 0. The van der Waals surface area contributed by atoms with Gasteiger partial charge in [0.25, 0.3) is 0 Å². The van der Waals surface area contributed by atoms with E-state index in [9.17, 15) is 14.0 Å². The van der Waals surface area contributed by atoms with Gasteiger partial charge in [0, 0.05) is 13.0 Å². The van der Waals surface area contributed by atoms with Gasteiger partial charge in [-0.2, -0.15) is 0 Å². The first-order valence-corrected chi connectivity index (χ1v) is 19.7. The molecule has 2 amide bonds. The molecule has 0 saturated carbocycles. The van der Waals surface area contributed by atoms with Crippen LogP contribution >= 0.6 is 0 Å². The summed E-state index contributed by atoms with van der Waals surface area (Å²) in [4.78, 5) is 49.2. The van der Waals surface area contributed by atoms with E-state index >= 15 is 0 Å². The quantitative estimate of drug-likeness (QED) is 0.109. The molecule has 1 aliphatic heterocycles. The van der Waals surface area contributed by atoms with Gasteiger partial charge in [-0.15, -0.1) is 0 Å². The number of carbonyl (C=O) groups is 2. The summed E-state index contributed by atoms with van der Waals surface area (Å²) in [6, 6.07) is 35.4. The van der Waals surface area contributed by atoms with Gasteiger partial charge in [-0.25, -0.2) is 14.4 Å². The SMILES string of the molecule is CCCN(Cc1ncc(-c2ccc(-c3ccc(-c4cnc([C@@H]5C[C@H](F)CN5C(=O)Cc5ccccc5)[nH]4)cc3)cc2)[nH]1)C(=O)[C@@H](c1ccccc1)N(CC)CC. The minimum Gasteiger partial charge on any atom is -0.341 e. The van der Waals surface area contributed by atoms with Gasteiger partial charge in [-0.1, -0.05) is 130 Å². The van der Waals surface area contributed by atoms with Crippen molar-refractivity contribution >= 4 is 11.8 Å². The lowest BCUT2D eigenvalue weighted by Crippen LogP contribution is -2.43. The zero-order chi connectivity index (χ0) is 39.0. The van der Waals surface area contributed by atoms with Crippen molar-refractivity contribution < 1.29 is 14.0 Å². The molecule has 288 valence electrons. The van der Waals surface area contributed by atoms with E-state index in [-0.39, 0.29) is 37.2 Å². The number of likely N-dealkylation sites (tertiary alicyclic amines) is 1. The molecule has 10 heteroatoms. The fraction of sp³-hybridized carbons (Fsp3) is 0.304. The van der Waals surface area contributed by atoms with E-state index in [0.29, 0.717) is 18.9 Å². The third-order valence-corrected chi connectivity index (χ3v) is 10.7. The summed E-state index contributed by atoms with van der Waals surface area (Å²) in [5, 5.41) is 0. The second-order valence-electron chi connectivity index (χ2n) is 14.4. The van der Waals surface area contributed by atoms with Gasteiger partial charge in [0.2, 0.25) is 11.8 Å². The molecule has 7 rings (SSSR count). The molecule has 6 aromatic rings. The average molecular weight is 752 g/mol. The highest BCUT2D eigenvalue weighted by Crippen LogP contribution is 2.34. The standard InChI is InChI=1S/C46H50FN7O2/c1-4-25-53(46(56)44(52(5-2)6-3)37-15-11-8-12-16-37)31-42-48-28-39(50-42)35-21-17-33(18-22-35)34-19-23-36(24-20-34)40-29-49-45(51-40)41-27-38(47)30-54(41)43(55)26-32-13-9-7-10-14-32/h7-24,28-29,38,41,44H,4-6,25-27,30-31H2,1-3H3,(H,48,50)(H,49,51)/t38-,41-,44+/m0/s1. The van der Waals surface area contributed by atoms with Gasteiger partial charge >= 0.3 is 0 Å². The Kier molecular flexibility index (Phi) is 12.2. The van der Waals surface area contributed by atoms with Crippen LogP contribution in [-0.2, 0) is 22.6 Å². The van der Waals surface area contributed by atoms with Gasteiger partial charge in [0.15, 0.2) is 0 Å². The molecular formula is C46H50FN7O2. The first-order valence-electron chi connectivity index (χ1n) is 19.7. The van der Waals surface area contributed by atoms with Crippen LogP contribution < -0.4 is 0 Å². The predicted molar refractivity (Wildman–Crippen MR) is 219 cm³/mol. The van der Waals surface area contributed by atoms with Crippen molar-refractivity contribution in [2.24, 2.45) is 0 Å². The molecule has 0 radical (unpaired) electrons. The Labute approximate surface area is 328 Å². The summed E-state index contributed by atoms with van der Waals surface area (Å²) < 4.78 is 14.6. The average Bonchev–Trinajstić information content (AvgIpc) is 4.01. The van der Waals surface area contributed by atoms with E-state index in [4.69, 9.17) is 0 Å². The van der Waals surface area contributed by atoms with E-state index in [1.54, 1.807) is 11.1 Å². The number of nitrogens with one attached hydrogen (secondary N) is 2. The smallest absolute Gasteiger partial charge is 0.244 e. The van der Waals surface area contributed by atoms with Gasteiger partial charge in [-0.3, -0.25) is 14.5 Å². The van der Waals surface area contributed by atoms with Crippen molar-refractivity contribution in [3.8, 4) is 33.6 Å². The maximum atomic E-state index is 14.6. The number of hydrogen-bond acceptors (Lipinski definition) is 5. The van der Waals surface area contributed by atoms with E-state index < -0.39 is 12.2 Å². The number of rotatable bonds is 15. The third kappa shape index (κ3) is 8.66. The molecule has 2 N–H and O–H groups in total. The number of hydrogen-bond donors (Lipinski definition) is 2. The minimum absolute atomic E-state index is 0.0761. The summed E-state index contributed by atoms with van der Waals surface area (Å²) in [6.07, 6.45) is 3.82. The minimum atomic E-state index is -1.09. The molecule has 2 aromatic heterocycles. The van der Waals surface area contributed by atoms with Crippen LogP contribution in [0.5, 0.6) is 0 Å².